The van der Waals surface area contributed by atoms with Crippen molar-refractivity contribution in [3.8, 4) is 22.4 Å². The van der Waals surface area contributed by atoms with Crippen LogP contribution in [-0.2, 0) is 0 Å². The van der Waals surface area contributed by atoms with Gasteiger partial charge in [-0.05, 0) is 29.8 Å². The lowest BCUT2D eigenvalue weighted by molar-refractivity contribution is 0.628. The number of fused-ring (bicyclic) bond motifs is 1. The SMILES string of the molecule is Fc1ccc(-c2cncnc2-c2ccc3nccn3c2)cc1. The van der Waals surface area contributed by atoms with Gasteiger partial charge in [-0.2, -0.15) is 0 Å². The van der Waals surface area contributed by atoms with Crippen LogP contribution in [0, 0.1) is 5.82 Å². The van der Waals surface area contributed by atoms with E-state index in [9.17, 15) is 4.39 Å². The Bertz CT molecular complexity index is 944. The predicted octanol–water partition coefficient (Wildman–Crippen LogP) is 3.60. The lowest BCUT2D eigenvalue weighted by Gasteiger charge is -2.08. The summed E-state index contributed by atoms with van der Waals surface area (Å²) >= 11 is 0. The van der Waals surface area contributed by atoms with Gasteiger partial charge in [0.1, 0.15) is 17.8 Å². The Labute approximate surface area is 125 Å². The summed E-state index contributed by atoms with van der Waals surface area (Å²) in [6, 6.07) is 10.2. The summed E-state index contributed by atoms with van der Waals surface area (Å²) in [4.78, 5) is 12.7. The summed E-state index contributed by atoms with van der Waals surface area (Å²) in [6.45, 7) is 0. The number of halogens is 1. The number of benzene rings is 1. The summed E-state index contributed by atoms with van der Waals surface area (Å²) in [5.41, 5.74) is 4.37. The highest BCUT2D eigenvalue weighted by Gasteiger charge is 2.10. The maximum atomic E-state index is 13.1. The van der Waals surface area contributed by atoms with Crippen molar-refractivity contribution < 1.29 is 4.39 Å². The van der Waals surface area contributed by atoms with E-state index in [1.807, 2.05) is 28.9 Å². The molecule has 3 aromatic heterocycles. The molecular weight excluding hydrogens is 279 g/mol. The smallest absolute Gasteiger partial charge is 0.136 e. The third kappa shape index (κ3) is 2.13. The first-order valence-corrected chi connectivity index (χ1v) is 6.80. The zero-order valence-corrected chi connectivity index (χ0v) is 11.5. The molecule has 4 rings (SSSR count). The Morgan fingerprint density at radius 2 is 1.73 bits per heavy atom. The molecule has 0 radical (unpaired) electrons. The number of imidazole rings is 1. The monoisotopic (exact) mass is 290 g/mol. The Morgan fingerprint density at radius 1 is 0.909 bits per heavy atom. The summed E-state index contributed by atoms with van der Waals surface area (Å²) in [7, 11) is 0. The second kappa shape index (κ2) is 5.04. The second-order valence-electron chi connectivity index (χ2n) is 4.90. The van der Waals surface area contributed by atoms with Crippen LogP contribution in [0.3, 0.4) is 0 Å². The van der Waals surface area contributed by atoms with Gasteiger partial charge in [0.05, 0.1) is 5.69 Å². The zero-order valence-electron chi connectivity index (χ0n) is 11.5. The van der Waals surface area contributed by atoms with Crippen molar-refractivity contribution in [3.63, 3.8) is 0 Å². The molecule has 0 atom stereocenters. The highest BCUT2D eigenvalue weighted by molar-refractivity contribution is 5.80. The lowest BCUT2D eigenvalue weighted by atomic mass is 10.0. The lowest BCUT2D eigenvalue weighted by Crippen LogP contribution is -1.93. The average Bonchev–Trinajstić information content (AvgIpc) is 3.03. The quantitative estimate of drug-likeness (QED) is 0.566. The second-order valence-corrected chi connectivity index (χ2v) is 4.90. The fraction of sp³-hybridized carbons (Fsp3) is 0. The molecule has 0 N–H and O–H groups in total. The van der Waals surface area contributed by atoms with E-state index in [0.717, 1.165) is 28.0 Å². The minimum Gasteiger partial charge on any atom is -0.306 e. The number of nitrogens with zero attached hydrogens (tertiary/aromatic N) is 4. The summed E-state index contributed by atoms with van der Waals surface area (Å²) in [5, 5.41) is 0. The van der Waals surface area contributed by atoms with Gasteiger partial charge in [0.25, 0.3) is 0 Å². The van der Waals surface area contributed by atoms with Crippen LogP contribution in [-0.4, -0.2) is 19.4 Å². The first kappa shape index (κ1) is 12.6. The molecule has 106 valence electrons. The Balaban J connectivity index is 1.89. The molecular formula is C17H11FN4. The van der Waals surface area contributed by atoms with Crippen molar-refractivity contribution >= 4 is 5.65 Å². The van der Waals surface area contributed by atoms with E-state index in [2.05, 4.69) is 15.0 Å². The highest BCUT2D eigenvalue weighted by atomic mass is 19.1. The van der Waals surface area contributed by atoms with Crippen LogP contribution in [0.15, 0.2) is 67.5 Å². The van der Waals surface area contributed by atoms with Crippen molar-refractivity contribution in [1.82, 2.24) is 19.4 Å². The van der Waals surface area contributed by atoms with Crippen molar-refractivity contribution in [2.24, 2.45) is 0 Å². The normalized spacial score (nSPS) is 11.0. The molecule has 0 aliphatic heterocycles. The molecule has 4 aromatic rings. The molecule has 1 aromatic carbocycles. The Hall–Kier alpha value is -3.08. The number of aromatic nitrogens is 4. The van der Waals surface area contributed by atoms with Gasteiger partial charge in [-0.25, -0.2) is 19.3 Å². The number of hydrogen-bond acceptors (Lipinski definition) is 3. The maximum Gasteiger partial charge on any atom is 0.136 e. The van der Waals surface area contributed by atoms with Gasteiger partial charge in [0.15, 0.2) is 0 Å². The van der Waals surface area contributed by atoms with Gasteiger partial charge < -0.3 is 4.40 Å². The minimum atomic E-state index is -0.262. The molecule has 0 saturated heterocycles. The van der Waals surface area contributed by atoms with Crippen LogP contribution in [0.5, 0.6) is 0 Å². The topological polar surface area (TPSA) is 43.1 Å². The standard InChI is InChI=1S/C17H11FN4/c18-14-4-1-12(2-5-14)15-9-19-11-21-17(15)13-3-6-16-20-7-8-22(16)10-13/h1-11H. The van der Waals surface area contributed by atoms with Crippen molar-refractivity contribution in [2.45, 2.75) is 0 Å². The molecule has 0 aliphatic carbocycles. The van der Waals surface area contributed by atoms with Crippen molar-refractivity contribution in [3.05, 3.63) is 73.3 Å². The molecule has 0 unspecified atom stereocenters. The molecule has 4 nitrogen and oxygen atoms in total. The molecule has 0 fully saturated rings. The fourth-order valence-corrected chi connectivity index (χ4v) is 2.46. The molecule has 5 heteroatoms. The molecule has 22 heavy (non-hydrogen) atoms. The molecule has 0 saturated carbocycles. The van der Waals surface area contributed by atoms with Gasteiger partial charge >= 0.3 is 0 Å². The fourth-order valence-electron chi connectivity index (χ4n) is 2.46. The van der Waals surface area contributed by atoms with Crippen LogP contribution in [0.2, 0.25) is 0 Å². The third-order valence-corrected chi connectivity index (χ3v) is 3.53. The van der Waals surface area contributed by atoms with Crippen LogP contribution in [0.4, 0.5) is 4.39 Å². The van der Waals surface area contributed by atoms with E-state index in [1.54, 1.807) is 24.5 Å². The highest BCUT2D eigenvalue weighted by Crippen LogP contribution is 2.29. The van der Waals surface area contributed by atoms with Gasteiger partial charge in [-0.3, -0.25) is 0 Å². The van der Waals surface area contributed by atoms with Crippen LogP contribution in [0.25, 0.3) is 28.0 Å². The molecule has 0 bridgehead atoms. The number of rotatable bonds is 2. The van der Waals surface area contributed by atoms with Gasteiger partial charge in [-0.1, -0.05) is 12.1 Å². The zero-order chi connectivity index (χ0) is 14.9. The Kier molecular flexibility index (Phi) is 2.89. The van der Waals surface area contributed by atoms with Crippen molar-refractivity contribution in [2.75, 3.05) is 0 Å². The largest absolute Gasteiger partial charge is 0.306 e. The summed E-state index contributed by atoms with van der Waals surface area (Å²) in [6.07, 6.45) is 8.86. The van der Waals surface area contributed by atoms with Crippen LogP contribution < -0.4 is 0 Å². The third-order valence-electron chi connectivity index (χ3n) is 3.53. The van der Waals surface area contributed by atoms with Crippen LogP contribution in [0.1, 0.15) is 0 Å². The molecule has 3 heterocycles. The number of pyridine rings is 1. The summed E-state index contributed by atoms with van der Waals surface area (Å²) < 4.78 is 15.1. The van der Waals surface area contributed by atoms with Crippen LogP contribution >= 0.6 is 0 Å². The number of hydrogen-bond donors (Lipinski definition) is 0. The molecule has 0 amide bonds. The first-order chi connectivity index (χ1) is 10.8. The predicted molar refractivity (Wildman–Crippen MR) is 81.6 cm³/mol. The molecule has 0 spiro atoms. The van der Waals surface area contributed by atoms with E-state index < -0.39 is 0 Å². The Morgan fingerprint density at radius 3 is 2.59 bits per heavy atom. The van der Waals surface area contributed by atoms with E-state index >= 15 is 0 Å². The van der Waals surface area contributed by atoms with Crippen molar-refractivity contribution in [1.29, 1.82) is 0 Å². The van der Waals surface area contributed by atoms with E-state index in [-0.39, 0.29) is 5.82 Å². The van der Waals surface area contributed by atoms with E-state index in [1.165, 1.54) is 18.5 Å². The van der Waals surface area contributed by atoms with Gasteiger partial charge in [-0.15, -0.1) is 0 Å². The maximum absolute atomic E-state index is 13.1. The van der Waals surface area contributed by atoms with Gasteiger partial charge in [0.2, 0.25) is 0 Å². The van der Waals surface area contributed by atoms with E-state index in [4.69, 9.17) is 0 Å². The minimum absolute atomic E-state index is 0.262. The summed E-state index contributed by atoms with van der Waals surface area (Å²) in [5.74, 6) is -0.262. The van der Waals surface area contributed by atoms with Gasteiger partial charge in [0, 0.05) is 35.9 Å². The first-order valence-electron chi connectivity index (χ1n) is 6.80. The average molecular weight is 290 g/mol. The molecule has 0 aliphatic rings. The van der Waals surface area contributed by atoms with E-state index in [0.29, 0.717) is 0 Å².